The van der Waals surface area contributed by atoms with E-state index in [1.165, 1.54) is 0 Å². The minimum Gasteiger partial charge on any atom is -1.00 e. The molecule has 0 rings (SSSR count). The van der Waals surface area contributed by atoms with Gasteiger partial charge in [0.05, 0.1) is 0 Å². The average molecular weight is 261 g/mol. The van der Waals surface area contributed by atoms with Gasteiger partial charge in [-0.1, -0.05) is 0 Å². The number of hydrogen-bond acceptors (Lipinski definition) is 0. The van der Waals surface area contributed by atoms with Crippen molar-refractivity contribution in [1.82, 2.24) is 0 Å². The standard InChI is InChI=1S/3ClH.3H2O.Ru/h3*1H;3*1H2;/q;;;;;;+3/p-3. The molecule has 7 heteroatoms. The van der Waals surface area contributed by atoms with E-state index in [1.54, 1.807) is 0 Å². The largest absolute Gasteiger partial charge is 3.00 e. The van der Waals surface area contributed by atoms with Gasteiger partial charge >= 0.3 is 19.5 Å². The molecule has 0 amide bonds. The first-order chi connectivity index (χ1) is 0. The summed E-state index contributed by atoms with van der Waals surface area (Å²) in [7, 11) is 0. The van der Waals surface area contributed by atoms with E-state index in [2.05, 4.69) is 0 Å². The Balaban J connectivity index is 0. The molecule has 0 atom stereocenters. The monoisotopic (exact) mass is 261 g/mol. The Bertz CT molecular complexity index is 10.1. The van der Waals surface area contributed by atoms with Crippen LogP contribution in [-0.4, -0.2) is 16.4 Å². The summed E-state index contributed by atoms with van der Waals surface area (Å²) in [5.41, 5.74) is 0. The van der Waals surface area contributed by atoms with E-state index in [0.29, 0.717) is 0 Å². The van der Waals surface area contributed by atoms with E-state index < -0.39 is 0 Å². The van der Waals surface area contributed by atoms with Crippen molar-refractivity contribution in [2.45, 2.75) is 0 Å². The van der Waals surface area contributed by atoms with Crippen molar-refractivity contribution in [2.24, 2.45) is 0 Å². The van der Waals surface area contributed by atoms with Gasteiger partial charge in [0, 0.05) is 0 Å². The van der Waals surface area contributed by atoms with Crippen molar-refractivity contribution < 1.29 is 73.1 Å². The molecule has 0 aromatic rings. The number of rotatable bonds is 0. The molecule has 0 saturated heterocycles. The first kappa shape index (κ1) is 241. The van der Waals surface area contributed by atoms with Gasteiger partial charge in [-0.2, -0.15) is 0 Å². The predicted octanol–water partition coefficient (Wildman–Crippen LogP) is -11.5. The Hall–Kier alpha value is 1.37. The first-order valence-electron chi connectivity index (χ1n) is 0. The van der Waals surface area contributed by atoms with Crippen LogP contribution in [0.3, 0.4) is 0 Å². The van der Waals surface area contributed by atoms with Crippen LogP contribution in [-0.2, 0) is 19.5 Å². The van der Waals surface area contributed by atoms with Gasteiger partial charge in [0.15, 0.2) is 0 Å². The molecule has 6 N–H and O–H groups in total. The maximum Gasteiger partial charge on any atom is 3.00 e. The van der Waals surface area contributed by atoms with E-state index in [4.69, 9.17) is 0 Å². The summed E-state index contributed by atoms with van der Waals surface area (Å²) in [6.45, 7) is 0. The molecule has 53 valence electrons. The first-order valence-corrected chi connectivity index (χ1v) is 0. The third-order valence-electron chi connectivity index (χ3n) is 0. The number of hydrogen-bond donors (Lipinski definition) is 0. The van der Waals surface area contributed by atoms with Crippen LogP contribution < -0.4 is 37.2 Å². The van der Waals surface area contributed by atoms with Gasteiger partial charge in [-0.15, -0.1) is 0 Å². The molecule has 0 bridgehead atoms. The molecule has 0 spiro atoms. The van der Waals surface area contributed by atoms with Crippen LogP contribution in [0, 0.1) is 0 Å². The summed E-state index contributed by atoms with van der Waals surface area (Å²) in [6.07, 6.45) is 0. The fourth-order valence-electron chi connectivity index (χ4n) is 0. The summed E-state index contributed by atoms with van der Waals surface area (Å²) in [4.78, 5) is 0. The zero-order valence-electron chi connectivity index (χ0n) is 2.99. The zero-order valence-corrected chi connectivity index (χ0v) is 6.99. The second-order valence-electron chi connectivity index (χ2n) is 0. The SMILES string of the molecule is O.O.O.[Cl-].[Cl-].[Cl-].[Ru+3]. The molecule has 0 heterocycles. The molecule has 7 heavy (non-hydrogen) atoms. The van der Waals surface area contributed by atoms with Crippen LogP contribution >= 0.6 is 0 Å². The second-order valence-corrected chi connectivity index (χ2v) is 0. The topological polar surface area (TPSA) is 94.5 Å². The van der Waals surface area contributed by atoms with E-state index >= 15 is 0 Å². The molecule has 0 aliphatic rings. The van der Waals surface area contributed by atoms with Crippen LogP contribution in [0.2, 0.25) is 0 Å². The smallest absolute Gasteiger partial charge is 1.00 e. The van der Waals surface area contributed by atoms with Crippen molar-refractivity contribution in [3.8, 4) is 0 Å². The van der Waals surface area contributed by atoms with Crippen LogP contribution in [0.5, 0.6) is 0 Å². The Kier molecular flexibility index (Phi) is 5470. The Morgan fingerprint density at radius 2 is 0.429 bits per heavy atom. The second kappa shape index (κ2) is 159. The Morgan fingerprint density at radius 3 is 0.429 bits per heavy atom. The summed E-state index contributed by atoms with van der Waals surface area (Å²) >= 11 is 0. The zero-order chi connectivity index (χ0) is 0. The maximum absolute atomic E-state index is 0. The minimum atomic E-state index is 0. The normalized spacial score (nSPS) is 0. The summed E-state index contributed by atoms with van der Waals surface area (Å²) in [6, 6.07) is 0. The predicted molar refractivity (Wildman–Crippen MR) is 10.8 cm³/mol. The quantitative estimate of drug-likeness (QED) is 0.387. The Morgan fingerprint density at radius 1 is 0.429 bits per heavy atom. The molecule has 0 fully saturated rings. The Labute approximate surface area is 73.2 Å². The fourth-order valence-corrected chi connectivity index (χ4v) is 0. The summed E-state index contributed by atoms with van der Waals surface area (Å²) in [5, 5.41) is 0. The van der Waals surface area contributed by atoms with Gasteiger partial charge in [0.2, 0.25) is 0 Å². The van der Waals surface area contributed by atoms with E-state index in [0.717, 1.165) is 0 Å². The van der Waals surface area contributed by atoms with Gasteiger partial charge in [-0.3, -0.25) is 0 Å². The van der Waals surface area contributed by atoms with Gasteiger partial charge in [-0.25, -0.2) is 0 Å². The molecular weight excluding hydrogens is 255 g/mol. The third-order valence-corrected chi connectivity index (χ3v) is 0. The van der Waals surface area contributed by atoms with Crippen LogP contribution in [0.4, 0.5) is 0 Å². The van der Waals surface area contributed by atoms with Crippen molar-refractivity contribution in [2.75, 3.05) is 0 Å². The summed E-state index contributed by atoms with van der Waals surface area (Å²) in [5.74, 6) is 0. The van der Waals surface area contributed by atoms with E-state index in [9.17, 15) is 0 Å². The van der Waals surface area contributed by atoms with Crippen molar-refractivity contribution in [1.29, 1.82) is 0 Å². The van der Waals surface area contributed by atoms with Crippen LogP contribution in [0.15, 0.2) is 0 Å². The molecular formula is H6Cl3O3Ru. The van der Waals surface area contributed by atoms with E-state index in [-0.39, 0.29) is 73.1 Å². The molecule has 0 aromatic carbocycles. The maximum atomic E-state index is 0. The average Bonchev–Trinajstić information content (AvgIpc) is 0. The van der Waals surface area contributed by atoms with Gasteiger partial charge < -0.3 is 53.6 Å². The third kappa shape index (κ3) is 113. The van der Waals surface area contributed by atoms with Crippen LogP contribution in [0.1, 0.15) is 0 Å². The molecule has 0 saturated carbocycles. The van der Waals surface area contributed by atoms with Crippen molar-refractivity contribution in [3.63, 3.8) is 0 Å². The molecule has 3 nitrogen and oxygen atoms in total. The van der Waals surface area contributed by atoms with Gasteiger partial charge in [0.1, 0.15) is 0 Å². The molecule has 0 aliphatic carbocycles. The van der Waals surface area contributed by atoms with Crippen molar-refractivity contribution >= 4 is 0 Å². The van der Waals surface area contributed by atoms with E-state index in [1.807, 2.05) is 0 Å². The van der Waals surface area contributed by atoms with Gasteiger partial charge in [0.25, 0.3) is 0 Å². The molecule has 1 radical (unpaired) electrons. The minimum absolute atomic E-state index is 0. The molecule has 0 aromatic heterocycles. The number of halogens is 3. The molecule has 0 aliphatic heterocycles. The van der Waals surface area contributed by atoms with Gasteiger partial charge in [-0.05, 0) is 0 Å². The van der Waals surface area contributed by atoms with Crippen molar-refractivity contribution in [3.05, 3.63) is 0 Å². The fraction of sp³-hybridized carbons (Fsp3) is 0. The summed E-state index contributed by atoms with van der Waals surface area (Å²) < 4.78 is 0. The molecule has 0 unspecified atom stereocenters. The van der Waals surface area contributed by atoms with Crippen LogP contribution in [0.25, 0.3) is 0 Å².